The van der Waals surface area contributed by atoms with Crippen LogP contribution in [0.5, 0.6) is 11.6 Å². The van der Waals surface area contributed by atoms with E-state index in [1.165, 1.54) is 36.4 Å². The molecule has 126 valence electrons. The molecule has 0 aliphatic carbocycles. The molecule has 1 aromatic carbocycles. The lowest BCUT2D eigenvalue weighted by Gasteiger charge is -2.07. The number of fused-ring (bicyclic) bond motifs is 1. The van der Waals surface area contributed by atoms with Crippen molar-refractivity contribution in [3.63, 3.8) is 0 Å². The molecule has 2 aromatic heterocycles. The van der Waals surface area contributed by atoms with Gasteiger partial charge in [0.2, 0.25) is 5.88 Å². The Bertz CT molecular complexity index is 1010. The zero-order chi connectivity index (χ0) is 17.5. The maximum atomic E-state index is 12.8. The van der Waals surface area contributed by atoms with E-state index < -0.39 is 21.8 Å². The molecule has 24 heavy (non-hydrogen) atoms. The van der Waals surface area contributed by atoms with Gasteiger partial charge in [-0.25, -0.2) is 8.42 Å². The zero-order valence-corrected chi connectivity index (χ0v) is 12.8. The SMILES string of the molecule is CS(=O)(=O)c1cccc(Oc2ccc3nnc(C(F)(F)F)n3n2)c1. The zero-order valence-electron chi connectivity index (χ0n) is 12.0. The Hall–Kier alpha value is -2.69. The van der Waals surface area contributed by atoms with Crippen LogP contribution in [0.25, 0.3) is 5.65 Å². The van der Waals surface area contributed by atoms with Crippen LogP contribution >= 0.6 is 0 Å². The van der Waals surface area contributed by atoms with Gasteiger partial charge in [-0.05, 0) is 24.3 Å². The summed E-state index contributed by atoms with van der Waals surface area (Å²) in [5.41, 5.74) is -0.0976. The lowest BCUT2D eigenvalue weighted by atomic mass is 10.3. The minimum absolute atomic E-state index is 0.0151. The van der Waals surface area contributed by atoms with Gasteiger partial charge in [0.1, 0.15) is 5.75 Å². The Morgan fingerprint density at radius 1 is 1.12 bits per heavy atom. The standard InChI is InChI=1S/C13H9F3N4O3S/c1-24(21,22)9-4-2-3-8(7-9)23-11-6-5-10-17-18-12(13(14,15)16)20(10)19-11/h2-7H,1H3. The van der Waals surface area contributed by atoms with Crippen molar-refractivity contribution in [1.82, 2.24) is 19.8 Å². The largest absolute Gasteiger partial charge is 0.453 e. The first-order valence-electron chi connectivity index (χ1n) is 6.42. The predicted octanol–water partition coefficient (Wildman–Crippen LogP) is 2.34. The fourth-order valence-electron chi connectivity index (χ4n) is 1.89. The van der Waals surface area contributed by atoms with Gasteiger partial charge in [0.25, 0.3) is 5.82 Å². The first kappa shape index (κ1) is 16.2. The number of aromatic nitrogens is 4. The summed E-state index contributed by atoms with van der Waals surface area (Å²) in [5, 5.41) is 10.1. The Balaban J connectivity index is 1.99. The lowest BCUT2D eigenvalue weighted by Crippen LogP contribution is -2.12. The third-order valence-corrected chi connectivity index (χ3v) is 4.06. The van der Waals surface area contributed by atoms with E-state index in [9.17, 15) is 21.6 Å². The summed E-state index contributed by atoms with van der Waals surface area (Å²) in [6, 6.07) is 8.09. The molecule has 0 N–H and O–H groups in total. The van der Waals surface area contributed by atoms with Crippen LogP contribution in [-0.2, 0) is 16.0 Å². The molecular weight excluding hydrogens is 349 g/mol. The molecule has 2 heterocycles. The summed E-state index contributed by atoms with van der Waals surface area (Å²) >= 11 is 0. The van der Waals surface area contributed by atoms with E-state index in [1.54, 1.807) is 0 Å². The highest BCUT2D eigenvalue weighted by molar-refractivity contribution is 7.90. The first-order chi connectivity index (χ1) is 11.1. The lowest BCUT2D eigenvalue weighted by molar-refractivity contribution is -0.146. The predicted molar refractivity (Wildman–Crippen MR) is 75.4 cm³/mol. The van der Waals surface area contributed by atoms with Crippen LogP contribution in [0.4, 0.5) is 13.2 Å². The van der Waals surface area contributed by atoms with E-state index >= 15 is 0 Å². The molecule has 0 saturated heterocycles. The van der Waals surface area contributed by atoms with Gasteiger partial charge in [0, 0.05) is 12.3 Å². The molecule has 0 aliphatic heterocycles. The van der Waals surface area contributed by atoms with E-state index in [0.717, 1.165) is 6.26 Å². The fourth-order valence-corrected chi connectivity index (χ4v) is 2.55. The summed E-state index contributed by atoms with van der Waals surface area (Å²) in [6.07, 6.45) is -3.69. The molecule has 0 unspecified atom stereocenters. The molecule has 0 amide bonds. The van der Waals surface area contributed by atoms with Crippen molar-refractivity contribution in [2.75, 3.05) is 6.26 Å². The van der Waals surface area contributed by atoms with Crippen molar-refractivity contribution in [1.29, 1.82) is 0 Å². The van der Waals surface area contributed by atoms with Crippen LogP contribution in [0.1, 0.15) is 5.82 Å². The van der Waals surface area contributed by atoms with Crippen LogP contribution in [0, 0.1) is 0 Å². The summed E-state index contributed by atoms with van der Waals surface area (Å²) < 4.78 is 67.4. The molecular formula is C13H9F3N4O3S. The number of alkyl halides is 3. The summed E-state index contributed by atoms with van der Waals surface area (Å²) in [7, 11) is -3.44. The van der Waals surface area contributed by atoms with Crippen molar-refractivity contribution in [2.45, 2.75) is 11.1 Å². The van der Waals surface area contributed by atoms with Gasteiger partial charge in [-0.3, -0.25) is 0 Å². The number of hydrogen-bond donors (Lipinski definition) is 0. The number of rotatable bonds is 3. The summed E-state index contributed by atoms with van der Waals surface area (Å²) in [6.45, 7) is 0. The van der Waals surface area contributed by atoms with Gasteiger partial charge in [0.05, 0.1) is 4.90 Å². The average molecular weight is 358 g/mol. The topological polar surface area (TPSA) is 86.5 Å². The van der Waals surface area contributed by atoms with E-state index in [-0.39, 0.29) is 22.2 Å². The second kappa shape index (κ2) is 5.44. The van der Waals surface area contributed by atoms with Crippen molar-refractivity contribution < 1.29 is 26.3 Å². The average Bonchev–Trinajstić information content (AvgIpc) is 2.90. The smallest absolute Gasteiger partial charge is 0.438 e. The van der Waals surface area contributed by atoms with E-state index in [4.69, 9.17) is 4.74 Å². The van der Waals surface area contributed by atoms with E-state index in [0.29, 0.717) is 4.52 Å². The number of nitrogens with zero attached hydrogens (tertiary/aromatic N) is 4. The van der Waals surface area contributed by atoms with E-state index in [2.05, 4.69) is 15.3 Å². The Kier molecular flexibility index (Phi) is 3.67. The van der Waals surface area contributed by atoms with Crippen molar-refractivity contribution in [3.8, 4) is 11.6 Å². The molecule has 0 fully saturated rings. The van der Waals surface area contributed by atoms with Gasteiger partial charge in [-0.1, -0.05) is 6.07 Å². The van der Waals surface area contributed by atoms with Crippen LogP contribution in [-0.4, -0.2) is 34.5 Å². The van der Waals surface area contributed by atoms with Gasteiger partial charge in [-0.15, -0.1) is 15.3 Å². The minimum atomic E-state index is -4.72. The number of halogens is 3. The number of hydrogen-bond acceptors (Lipinski definition) is 6. The van der Waals surface area contributed by atoms with Crippen molar-refractivity contribution >= 4 is 15.5 Å². The van der Waals surface area contributed by atoms with Crippen molar-refractivity contribution in [3.05, 3.63) is 42.2 Å². The number of ether oxygens (including phenoxy) is 1. The molecule has 0 atom stereocenters. The molecule has 0 radical (unpaired) electrons. The third-order valence-electron chi connectivity index (χ3n) is 2.95. The van der Waals surface area contributed by atoms with Gasteiger partial charge >= 0.3 is 6.18 Å². The third kappa shape index (κ3) is 3.15. The van der Waals surface area contributed by atoms with Crippen LogP contribution in [0.15, 0.2) is 41.3 Å². The molecule has 3 aromatic rings. The second-order valence-electron chi connectivity index (χ2n) is 4.81. The molecule has 0 bridgehead atoms. The maximum absolute atomic E-state index is 12.8. The Labute approximate surface area is 133 Å². The van der Waals surface area contributed by atoms with Crippen molar-refractivity contribution in [2.24, 2.45) is 0 Å². The summed E-state index contributed by atoms with van der Waals surface area (Å²) in [4.78, 5) is 0.0151. The van der Waals surface area contributed by atoms with Crippen LogP contribution in [0.3, 0.4) is 0 Å². The number of benzene rings is 1. The molecule has 0 saturated carbocycles. The monoisotopic (exact) mass is 358 g/mol. The van der Waals surface area contributed by atoms with E-state index in [1.807, 2.05) is 0 Å². The van der Waals surface area contributed by atoms with Gasteiger partial charge in [0.15, 0.2) is 15.5 Å². The molecule has 11 heteroatoms. The van der Waals surface area contributed by atoms with Gasteiger partial charge < -0.3 is 4.74 Å². The Morgan fingerprint density at radius 2 is 1.88 bits per heavy atom. The second-order valence-corrected chi connectivity index (χ2v) is 6.83. The van der Waals surface area contributed by atoms with Gasteiger partial charge in [-0.2, -0.15) is 17.7 Å². The quantitative estimate of drug-likeness (QED) is 0.714. The minimum Gasteiger partial charge on any atom is -0.438 e. The van der Waals surface area contributed by atoms with Crippen LogP contribution < -0.4 is 4.74 Å². The fraction of sp³-hybridized carbons (Fsp3) is 0.154. The molecule has 7 nitrogen and oxygen atoms in total. The maximum Gasteiger partial charge on any atom is 0.453 e. The highest BCUT2D eigenvalue weighted by Gasteiger charge is 2.37. The Morgan fingerprint density at radius 3 is 2.54 bits per heavy atom. The normalized spacial score (nSPS) is 12.5. The van der Waals surface area contributed by atoms with Crippen LogP contribution in [0.2, 0.25) is 0 Å². The first-order valence-corrected chi connectivity index (χ1v) is 8.31. The summed E-state index contributed by atoms with van der Waals surface area (Å²) in [5.74, 6) is -1.34. The number of sulfone groups is 1. The highest BCUT2D eigenvalue weighted by Crippen LogP contribution is 2.28. The molecule has 0 aliphatic rings. The highest BCUT2D eigenvalue weighted by atomic mass is 32.2. The molecule has 3 rings (SSSR count). The molecule has 0 spiro atoms.